The summed E-state index contributed by atoms with van der Waals surface area (Å²) in [5.74, 6) is 0. The Labute approximate surface area is 74.5 Å². The van der Waals surface area contributed by atoms with E-state index >= 15 is 0 Å². The van der Waals surface area contributed by atoms with Crippen molar-refractivity contribution in [1.29, 1.82) is 0 Å². The van der Waals surface area contributed by atoms with E-state index in [0.29, 0.717) is 4.90 Å². The van der Waals surface area contributed by atoms with E-state index in [-0.39, 0.29) is 0 Å². The van der Waals surface area contributed by atoms with E-state index in [0.717, 1.165) is 7.05 Å². The fraction of sp³-hybridized carbons (Fsp3) is 0.857. The number of rotatable bonds is 2. The molecule has 0 radical (unpaired) electrons. The third kappa shape index (κ3) is 6.24. The van der Waals surface area contributed by atoms with Gasteiger partial charge in [0.25, 0.3) is 0 Å². The van der Waals surface area contributed by atoms with E-state index in [1.165, 1.54) is 0 Å². The average molecular weight is 199 g/mol. The summed E-state index contributed by atoms with van der Waals surface area (Å²) in [5.41, 5.74) is 0. The normalized spacial score (nSPS) is 11.6. The smallest absolute Gasteiger partial charge is 0.410 e. The molecule has 0 saturated carbocycles. The molecule has 13 heavy (non-hydrogen) atoms. The Kier molecular flexibility index (Phi) is 4.03. The first-order valence-corrected chi connectivity index (χ1v) is 3.71. The van der Waals surface area contributed by atoms with Crippen molar-refractivity contribution < 1.29 is 22.7 Å². The summed E-state index contributed by atoms with van der Waals surface area (Å²) < 4.78 is 39.8. The minimum Gasteiger partial charge on any atom is -0.447 e. The van der Waals surface area contributed by atoms with E-state index in [1.807, 2.05) is 0 Å². The number of carbonyl (C=O) groups is 1. The highest BCUT2D eigenvalue weighted by molar-refractivity contribution is 5.67. The van der Waals surface area contributed by atoms with Gasteiger partial charge in [0.2, 0.25) is 0 Å². The van der Waals surface area contributed by atoms with Crippen LogP contribution in [-0.2, 0) is 4.74 Å². The maximum Gasteiger partial charge on any atom is 0.410 e. The molecule has 0 fully saturated rings. The summed E-state index contributed by atoms with van der Waals surface area (Å²) in [6.07, 6.45) is -5.76. The predicted octanol–water partition coefficient (Wildman–Crippen LogP) is 2.03. The number of halogens is 3. The summed E-state index contributed by atoms with van der Waals surface area (Å²) >= 11 is 0. The van der Waals surface area contributed by atoms with Crippen LogP contribution in [0, 0.1) is 0 Å². The Morgan fingerprint density at radius 2 is 1.92 bits per heavy atom. The Balaban J connectivity index is 3.97. The molecule has 6 heteroatoms. The van der Waals surface area contributed by atoms with Crippen molar-refractivity contribution in [3.05, 3.63) is 0 Å². The van der Waals surface area contributed by atoms with Gasteiger partial charge in [0.05, 0.1) is 6.10 Å². The summed E-state index contributed by atoms with van der Waals surface area (Å²) in [5, 5.41) is 0. The molecule has 0 N–H and O–H groups in total. The highest BCUT2D eigenvalue weighted by Crippen LogP contribution is 2.16. The van der Waals surface area contributed by atoms with Crippen LogP contribution < -0.4 is 0 Å². The zero-order valence-corrected chi connectivity index (χ0v) is 7.68. The van der Waals surface area contributed by atoms with Crippen molar-refractivity contribution >= 4 is 6.09 Å². The Bertz CT molecular complexity index is 179. The first-order chi connectivity index (χ1) is 5.72. The lowest BCUT2D eigenvalue weighted by Crippen LogP contribution is -2.37. The van der Waals surface area contributed by atoms with Crippen molar-refractivity contribution in [2.75, 3.05) is 13.6 Å². The zero-order chi connectivity index (χ0) is 10.6. The molecule has 0 aromatic heterocycles. The van der Waals surface area contributed by atoms with Crippen LogP contribution in [0.4, 0.5) is 18.0 Å². The molecule has 0 bridgehead atoms. The van der Waals surface area contributed by atoms with Crippen molar-refractivity contribution in [3.63, 3.8) is 0 Å². The Hall–Kier alpha value is -0.940. The van der Waals surface area contributed by atoms with E-state index in [4.69, 9.17) is 0 Å². The molecule has 0 heterocycles. The number of alkyl halides is 3. The summed E-state index contributed by atoms with van der Waals surface area (Å²) in [6, 6.07) is 0. The van der Waals surface area contributed by atoms with Gasteiger partial charge in [-0.2, -0.15) is 13.2 Å². The monoisotopic (exact) mass is 199 g/mol. The molecule has 0 unspecified atom stereocenters. The second-order valence-electron chi connectivity index (χ2n) is 2.90. The molecular weight excluding hydrogens is 187 g/mol. The van der Waals surface area contributed by atoms with Crippen LogP contribution in [0.1, 0.15) is 13.8 Å². The van der Waals surface area contributed by atoms with E-state index in [2.05, 4.69) is 4.74 Å². The Morgan fingerprint density at radius 1 is 1.46 bits per heavy atom. The molecule has 0 aliphatic heterocycles. The van der Waals surface area contributed by atoms with Gasteiger partial charge in [0.1, 0.15) is 6.54 Å². The average Bonchev–Trinajstić information content (AvgIpc) is 1.81. The Morgan fingerprint density at radius 3 is 2.23 bits per heavy atom. The molecule has 0 saturated heterocycles. The molecule has 1 amide bonds. The standard InChI is InChI=1S/C7H12F3NO2/c1-5(2)13-6(12)11(3)4-7(8,9)10/h5H,4H2,1-3H3. The van der Waals surface area contributed by atoms with Crippen molar-refractivity contribution in [2.24, 2.45) is 0 Å². The SMILES string of the molecule is CC(C)OC(=O)N(C)CC(F)(F)F. The molecule has 0 atom stereocenters. The maximum absolute atomic E-state index is 11.8. The van der Waals surface area contributed by atoms with Crippen LogP contribution in [0.25, 0.3) is 0 Å². The minimum absolute atomic E-state index is 0.414. The van der Waals surface area contributed by atoms with E-state index < -0.39 is 24.9 Å². The summed E-state index contributed by atoms with van der Waals surface area (Å²) in [7, 11) is 1.04. The number of amides is 1. The van der Waals surface area contributed by atoms with Gasteiger partial charge >= 0.3 is 12.3 Å². The van der Waals surface area contributed by atoms with Crippen LogP contribution in [0.2, 0.25) is 0 Å². The second kappa shape index (κ2) is 4.34. The highest BCUT2D eigenvalue weighted by atomic mass is 19.4. The van der Waals surface area contributed by atoms with Crippen LogP contribution in [0.15, 0.2) is 0 Å². The van der Waals surface area contributed by atoms with Crippen molar-refractivity contribution in [2.45, 2.75) is 26.1 Å². The highest BCUT2D eigenvalue weighted by Gasteiger charge is 2.31. The quantitative estimate of drug-likeness (QED) is 0.680. The van der Waals surface area contributed by atoms with Crippen molar-refractivity contribution in [1.82, 2.24) is 4.90 Å². The number of carbonyl (C=O) groups excluding carboxylic acids is 1. The molecule has 0 spiro atoms. The maximum atomic E-state index is 11.8. The number of ether oxygens (including phenoxy) is 1. The first kappa shape index (κ1) is 12.1. The van der Waals surface area contributed by atoms with Crippen LogP contribution in [-0.4, -0.2) is 36.9 Å². The predicted molar refractivity (Wildman–Crippen MR) is 40.3 cm³/mol. The van der Waals surface area contributed by atoms with Gasteiger partial charge in [-0.1, -0.05) is 0 Å². The third-order valence-corrected chi connectivity index (χ3v) is 1.06. The number of hydrogen-bond acceptors (Lipinski definition) is 2. The van der Waals surface area contributed by atoms with Gasteiger partial charge in [-0.15, -0.1) is 0 Å². The molecular formula is C7H12F3NO2. The van der Waals surface area contributed by atoms with Gasteiger partial charge in [-0.05, 0) is 13.8 Å². The van der Waals surface area contributed by atoms with Crippen LogP contribution in [0.3, 0.4) is 0 Å². The van der Waals surface area contributed by atoms with Gasteiger partial charge in [-0.3, -0.25) is 0 Å². The molecule has 0 aliphatic rings. The second-order valence-corrected chi connectivity index (χ2v) is 2.90. The molecule has 0 rings (SSSR count). The molecule has 3 nitrogen and oxygen atoms in total. The molecule has 78 valence electrons. The summed E-state index contributed by atoms with van der Waals surface area (Å²) in [6.45, 7) is 1.84. The topological polar surface area (TPSA) is 29.5 Å². The molecule has 0 aromatic rings. The molecule has 0 aliphatic carbocycles. The van der Waals surface area contributed by atoms with Crippen LogP contribution >= 0.6 is 0 Å². The number of hydrogen-bond donors (Lipinski definition) is 0. The van der Waals surface area contributed by atoms with Crippen molar-refractivity contribution in [3.8, 4) is 0 Å². The lowest BCUT2D eigenvalue weighted by Gasteiger charge is -2.19. The van der Waals surface area contributed by atoms with E-state index in [9.17, 15) is 18.0 Å². The van der Waals surface area contributed by atoms with E-state index in [1.54, 1.807) is 13.8 Å². The van der Waals surface area contributed by atoms with Gasteiger partial charge in [0.15, 0.2) is 0 Å². The van der Waals surface area contributed by atoms with Crippen LogP contribution in [0.5, 0.6) is 0 Å². The lowest BCUT2D eigenvalue weighted by atomic mass is 10.5. The molecule has 0 aromatic carbocycles. The first-order valence-electron chi connectivity index (χ1n) is 3.71. The fourth-order valence-electron chi connectivity index (χ4n) is 0.625. The van der Waals surface area contributed by atoms with Gasteiger partial charge < -0.3 is 9.64 Å². The van der Waals surface area contributed by atoms with Gasteiger partial charge in [0, 0.05) is 7.05 Å². The number of nitrogens with zero attached hydrogens (tertiary/aromatic N) is 1. The summed E-state index contributed by atoms with van der Waals surface area (Å²) in [4.78, 5) is 11.3. The zero-order valence-electron chi connectivity index (χ0n) is 7.68. The third-order valence-electron chi connectivity index (χ3n) is 1.06. The fourth-order valence-corrected chi connectivity index (χ4v) is 0.625. The minimum atomic E-state index is -4.38. The largest absolute Gasteiger partial charge is 0.447 e. The van der Waals surface area contributed by atoms with Gasteiger partial charge in [-0.25, -0.2) is 4.79 Å². The lowest BCUT2D eigenvalue weighted by molar-refractivity contribution is -0.140.